The van der Waals surface area contributed by atoms with Gasteiger partial charge in [-0.3, -0.25) is 24.9 Å². The third-order valence-electron chi connectivity index (χ3n) is 8.44. The minimum absolute atomic E-state index is 0. The van der Waals surface area contributed by atoms with Crippen molar-refractivity contribution in [3.63, 3.8) is 0 Å². The van der Waals surface area contributed by atoms with Gasteiger partial charge < -0.3 is 4.90 Å². The highest BCUT2D eigenvalue weighted by Gasteiger charge is 2.08. The van der Waals surface area contributed by atoms with Gasteiger partial charge in [0.15, 0.2) is 0 Å². The molecule has 6 aromatic rings. The fourth-order valence-electron chi connectivity index (χ4n) is 4.78. The van der Waals surface area contributed by atoms with Gasteiger partial charge in [-0.2, -0.15) is 0 Å². The summed E-state index contributed by atoms with van der Waals surface area (Å²) in [6, 6.07) is 37.1. The lowest BCUT2D eigenvalue weighted by Crippen LogP contribution is -2.19. The number of nitrogens with zero attached hydrogens (tertiary/aromatic N) is 6. The highest BCUT2D eigenvalue weighted by molar-refractivity contribution is 5.15. The first-order valence-corrected chi connectivity index (χ1v) is 21.6. The van der Waals surface area contributed by atoms with Crippen LogP contribution in [0.2, 0.25) is 0 Å². The lowest BCUT2D eigenvalue weighted by molar-refractivity contribution is 0.339. The van der Waals surface area contributed by atoms with E-state index in [1.165, 1.54) is 68.4 Å². The molecule has 62 heavy (non-hydrogen) atoms. The van der Waals surface area contributed by atoms with Crippen molar-refractivity contribution in [2.75, 3.05) is 19.6 Å². The van der Waals surface area contributed by atoms with Gasteiger partial charge in [0.25, 0.3) is 0 Å². The summed E-state index contributed by atoms with van der Waals surface area (Å²) in [7, 11) is 0. The van der Waals surface area contributed by atoms with Crippen LogP contribution < -0.4 is 0 Å². The standard InChI is InChI=1S/2C8H10.C7H9N.C7H15N.C7H8.C6H8N2.C5H6N2.C4H10.4CH4/c2*1-2-8-6-4-3-5-7-8;1-2-7-5-3-4-6-8-7;1-2-5-8-6-3-4-7-8;1-7-5-3-2-4-6-7;1-2-6-5-7-3-4-8-6;1-5-4-6-2-3-7-5;1-3-4-2;;;;/h2*3-7H,2H2,1H3;3-6H,2H2,1H3;2-7H2,1H3;2-6H,1H3;3-5H,2H2,1H3;2-4H,1H3;3-4H2,1-2H3;4*1H4. The number of hydrogen-bond acceptors (Lipinski definition) is 6. The van der Waals surface area contributed by atoms with Crippen LogP contribution in [0.25, 0.3) is 0 Å². The number of likely N-dealkylation sites (tertiary alicyclic amines) is 1. The number of benzene rings is 3. The Morgan fingerprint density at radius 3 is 1.10 bits per heavy atom. The van der Waals surface area contributed by atoms with Gasteiger partial charge >= 0.3 is 0 Å². The van der Waals surface area contributed by atoms with Crippen LogP contribution >= 0.6 is 0 Å². The van der Waals surface area contributed by atoms with Crippen LogP contribution in [0.4, 0.5) is 0 Å². The molecule has 1 aliphatic heterocycles. The van der Waals surface area contributed by atoms with E-state index in [1.54, 1.807) is 37.2 Å². The summed E-state index contributed by atoms with van der Waals surface area (Å²) in [6.07, 6.45) is 23.1. The summed E-state index contributed by atoms with van der Waals surface area (Å²) in [4.78, 5) is 22.3. The summed E-state index contributed by atoms with van der Waals surface area (Å²) < 4.78 is 0. The van der Waals surface area contributed by atoms with Gasteiger partial charge in [0.1, 0.15) is 0 Å². The molecule has 6 nitrogen and oxygen atoms in total. The average Bonchev–Trinajstić information content (AvgIpc) is 3.83. The molecule has 0 saturated carbocycles. The number of unbranched alkanes of at least 4 members (excludes halogenated alkanes) is 1. The molecule has 3 aromatic heterocycles. The normalized spacial score (nSPS) is 10.0. The average molecular weight is 849 g/mol. The number of rotatable bonds is 7. The van der Waals surface area contributed by atoms with E-state index in [9.17, 15) is 0 Å². The zero-order valence-corrected chi connectivity index (χ0v) is 37.6. The minimum atomic E-state index is 0. The monoisotopic (exact) mass is 849 g/mol. The zero-order chi connectivity index (χ0) is 42.7. The number of aromatic nitrogens is 5. The Morgan fingerprint density at radius 2 is 0.855 bits per heavy atom. The summed E-state index contributed by atoms with van der Waals surface area (Å²) in [6.45, 7) is 23.1. The molecule has 7 rings (SSSR count). The Bertz CT molecular complexity index is 1440. The van der Waals surface area contributed by atoms with Crippen LogP contribution in [0, 0.1) is 13.8 Å². The highest BCUT2D eigenvalue weighted by Crippen LogP contribution is 2.06. The number of hydrogen-bond donors (Lipinski definition) is 0. The molecule has 0 unspecified atom stereocenters. The maximum absolute atomic E-state index is 4.10. The fraction of sp³-hybridized carbons (Fsp3) is 0.446. The lowest BCUT2D eigenvalue weighted by Gasteiger charge is -2.11. The molecular formula is C56H92N6. The second-order valence-electron chi connectivity index (χ2n) is 13.5. The SMILES string of the molecule is C.C.C.C.CCCC.CCCN1CCCC1.CCc1ccccc1.CCc1ccccc1.CCc1ccccn1.CCc1cnccn1.Cc1ccccc1.Cc1cnccn1. The second kappa shape index (κ2) is 50.3. The maximum Gasteiger partial charge on any atom is 0.0583 e. The van der Waals surface area contributed by atoms with E-state index in [0.29, 0.717) is 0 Å². The Labute approximate surface area is 384 Å². The van der Waals surface area contributed by atoms with Crippen molar-refractivity contribution in [2.24, 2.45) is 0 Å². The van der Waals surface area contributed by atoms with Gasteiger partial charge in [-0.1, -0.05) is 194 Å². The largest absolute Gasteiger partial charge is 0.303 e. The molecule has 3 aromatic carbocycles. The van der Waals surface area contributed by atoms with Gasteiger partial charge in [0.05, 0.1) is 11.4 Å². The van der Waals surface area contributed by atoms with E-state index in [-0.39, 0.29) is 29.7 Å². The molecule has 0 atom stereocenters. The third-order valence-corrected chi connectivity index (χ3v) is 8.44. The van der Waals surface area contributed by atoms with Gasteiger partial charge in [0.2, 0.25) is 0 Å². The quantitative estimate of drug-likeness (QED) is 0.159. The molecule has 4 heterocycles. The Kier molecular flexibility index (Phi) is 53.6. The Balaban J connectivity index is -0.000000199. The molecule has 1 saturated heterocycles. The Hall–Kier alpha value is -5.07. The van der Waals surface area contributed by atoms with Gasteiger partial charge in [-0.25, -0.2) is 0 Å². The fourth-order valence-corrected chi connectivity index (χ4v) is 4.78. The van der Waals surface area contributed by atoms with E-state index >= 15 is 0 Å². The molecule has 0 radical (unpaired) electrons. The van der Waals surface area contributed by atoms with Crippen molar-refractivity contribution in [3.8, 4) is 0 Å². The molecule has 6 heteroatoms. The van der Waals surface area contributed by atoms with E-state index in [2.05, 4.69) is 146 Å². The molecule has 0 bridgehead atoms. The van der Waals surface area contributed by atoms with Crippen LogP contribution in [-0.4, -0.2) is 49.5 Å². The number of aryl methyl sites for hydroxylation is 6. The van der Waals surface area contributed by atoms with Crippen LogP contribution in [0.15, 0.2) is 153 Å². The Morgan fingerprint density at radius 1 is 0.419 bits per heavy atom. The molecule has 0 aliphatic carbocycles. The topological polar surface area (TPSA) is 67.7 Å². The second-order valence-corrected chi connectivity index (χ2v) is 13.5. The van der Waals surface area contributed by atoms with Crippen LogP contribution in [0.5, 0.6) is 0 Å². The van der Waals surface area contributed by atoms with Crippen molar-refractivity contribution in [1.29, 1.82) is 0 Å². The smallest absolute Gasteiger partial charge is 0.0583 e. The van der Waals surface area contributed by atoms with E-state index < -0.39 is 0 Å². The lowest BCUT2D eigenvalue weighted by atomic mass is 10.2. The first-order valence-electron chi connectivity index (χ1n) is 21.6. The molecule has 0 amide bonds. The van der Waals surface area contributed by atoms with Crippen molar-refractivity contribution < 1.29 is 0 Å². The first kappa shape index (κ1) is 66.0. The van der Waals surface area contributed by atoms with E-state index in [0.717, 1.165) is 42.8 Å². The molecule has 1 aliphatic rings. The summed E-state index contributed by atoms with van der Waals surface area (Å²) in [5, 5.41) is 0. The van der Waals surface area contributed by atoms with Crippen LogP contribution in [0.1, 0.15) is 144 Å². The van der Waals surface area contributed by atoms with Gasteiger partial charge in [0, 0.05) is 49.1 Å². The predicted molar refractivity (Wildman–Crippen MR) is 278 cm³/mol. The van der Waals surface area contributed by atoms with Crippen LogP contribution in [0.3, 0.4) is 0 Å². The molecule has 346 valence electrons. The summed E-state index contributed by atoms with van der Waals surface area (Å²) in [5.74, 6) is 0. The minimum Gasteiger partial charge on any atom is -0.303 e. The highest BCUT2D eigenvalue weighted by atomic mass is 15.1. The number of pyridine rings is 1. The predicted octanol–water partition coefficient (Wildman–Crippen LogP) is 15.8. The zero-order valence-electron chi connectivity index (χ0n) is 37.6. The van der Waals surface area contributed by atoms with E-state index in [4.69, 9.17) is 0 Å². The molecule has 0 spiro atoms. The molecule has 0 N–H and O–H groups in total. The van der Waals surface area contributed by atoms with Crippen LogP contribution in [-0.2, 0) is 25.7 Å². The van der Waals surface area contributed by atoms with E-state index in [1.807, 2.05) is 61.7 Å². The van der Waals surface area contributed by atoms with Crippen molar-refractivity contribution in [3.05, 3.63) is 186 Å². The summed E-state index contributed by atoms with van der Waals surface area (Å²) in [5.41, 5.74) is 7.31. The molecular weight excluding hydrogens is 757 g/mol. The maximum atomic E-state index is 4.10. The van der Waals surface area contributed by atoms with Gasteiger partial charge in [-0.05, 0) is 102 Å². The van der Waals surface area contributed by atoms with Crippen molar-refractivity contribution in [1.82, 2.24) is 29.8 Å². The molecule has 1 fully saturated rings. The third kappa shape index (κ3) is 41.7. The van der Waals surface area contributed by atoms with Crippen molar-refractivity contribution in [2.45, 2.75) is 150 Å². The van der Waals surface area contributed by atoms with Crippen molar-refractivity contribution >= 4 is 0 Å². The first-order chi connectivity index (χ1) is 28.4. The summed E-state index contributed by atoms with van der Waals surface area (Å²) >= 11 is 0. The van der Waals surface area contributed by atoms with Gasteiger partial charge in [-0.15, -0.1) is 0 Å².